The average Bonchev–Trinajstić information content (AvgIpc) is 3.58. The van der Waals surface area contributed by atoms with Gasteiger partial charge in [-0.05, 0) is 63.3 Å². The van der Waals surface area contributed by atoms with Crippen molar-refractivity contribution < 1.29 is 44.3 Å². The molecule has 1 amide bonds. The molecule has 0 bridgehead atoms. The fourth-order valence-corrected chi connectivity index (χ4v) is 5.60. The van der Waals surface area contributed by atoms with E-state index in [0.717, 1.165) is 0 Å². The fourth-order valence-electron chi connectivity index (χ4n) is 3.85. The third-order valence-corrected chi connectivity index (χ3v) is 8.45. The molecule has 0 spiro atoms. The van der Waals surface area contributed by atoms with E-state index < -0.39 is 61.8 Å². The molecule has 198 valence electrons. The summed E-state index contributed by atoms with van der Waals surface area (Å²) in [5.41, 5.74) is -0.0611. The number of ether oxygens (including phenoxy) is 1. The highest BCUT2D eigenvalue weighted by atomic mass is 32.2. The van der Waals surface area contributed by atoms with Crippen molar-refractivity contribution >= 4 is 15.9 Å². The normalized spacial score (nSPS) is 27.0. The summed E-state index contributed by atoms with van der Waals surface area (Å²) in [4.78, 5) is 12.1. The summed E-state index contributed by atoms with van der Waals surface area (Å²) in [5.74, 6) is -0.853. The van der Waals surface area contributed by atoms with Gasteiger partial charge in [0.05, 0.1) is 29.1 Å². The highest BCUT2D eigenvalue weighted by Crippen LogP contribution is 2.38. The first-order valence-corrected chi connectivity index (χ1v) is 12.4. The Morgan fingerprint density at radius 2 is 1.69 bits per heavy atom. The minimum absolute atomic E-state index is 0.0390. The Balaban J connectivity index is 1.70. The lowest BCUT2D eigenvalue weighted by Gasteiger charge is -2.44. The molecule has 0 unspecified atom stereocenters. The van der Waals surface area contributed by atoms with E-state index in [1.165, 1.54) is 6.92 Å². The molecule has 1 saturated heterocycles. The maximum Gasteiger partial charge on any atom is 0.416 e. The van der Waals surface area contributed by atoms with Crippen LogP contribution in [-0.4, -0.2) is 43.8 Å². The molecule has 14 heteroatoms. The van der Waals surface area contributed by atoms with Gasteiger partial charge in [0.15, 0.2) is 0 Å². The van der Waals surface area contributed by atoms with Gasteiger partial charge >= 0.3 is 12.4 Å². The number of amides is 1. The molecule has 0 radical (unpaired) electrons. The van der Waals surface area contributed by atoms with Gasteiger partial charge in [0, 0.05) is 12.1 Å². The summed E-state index contributed by atoms with van der Waals surface area (Å²) in [7, 11) is -3.73. The van der Waals surface area contributed by atoms with E-state index in [1.807, 2.05) is 0 Å². The SMILES string of the molecule is C[C@@H](OC[C@@]1(C)CC[C@@](NS(=O)(=O)C2CC2)(C(N)=O)CN1)c1cc(C(F)(F)F)cc(C(F)(F)F)c1. The molecule has 1 aliphatic heterocycles. The van der Waals surface area contributed by atoms with Crippen molar-refractivity contribution in [2.24, 2.45) is 5.73 Å². The van der Waals surface area contributed by atoms with Crippen LogP contribution in [0.2, 0.25) is 0 Å². The number of sulfonamides is 1. The molecule has 1 aliphatic carbocycles. The second-order valence-electron chi connectivity index (χ2n) is 9.50. The topological polar surface area (TPSA) is 111 Å². The number of benzene rings is 1. The number of hydrogen-bond acceptors (Lipinski definition) is 5. The van der Waals surface area contributed by atoms with Crippen molar-refractivity contribution in [1.82, 2.24) is 10.0 Å². The lowest BCUT2D eigenvalue weighted by atomic mass is 9.81. The summed E-state index contributed by atoms with van der Waals surface area (Å²) in [6.45, 7) is 2.74. The van der Waals surface area contributed by atoms with Crippen LogP contribution in [0.1, 0.15) is 62.3 Å². The van der Waals surface area contributed by atoms with Crippen LogP contribution in [-0.2, 0) is 31.9 Å². The van der Waals surface area contributed by atoms with Crippen LogP contribution in [0.15, 0.2) is 18.2 Å². The van der Waals surface area contributed by atoms with Crippen LogP contribution in [0.25, 0.3) is 0 Å². The maximum absolute atomic E-state index is 13.1. The first kappa shape index (κ1) is 27.7. The summed E-state index contributed by atoms with van der Waals surface area (Å²) < 4.78 is 112. The van der Waals surface area contributed by atoms with Crippen molar-refractivity contribution in [3.63, 3.8) is 0 Å². The van der Waals surface area contributed by atoms with Gasteiger partial charge in [0.2, 0.25) is 15.9 Å². The first-order valence-electron chi connectivity index (χ1n) is 10.9. The number of piperidine rings is 1. The second-order valence-corrected chi connectivity index (χ2v) is 11.5. The molecule has 7 nitrogen and oxygen atoms in total. The Labute approximate surface area is 198 Å². The van der Waals surface area contributed by atoms with E-state index in [2.05, 4.69) is 10.0 Å². The third-order valence-electron chi connectivity index (χ3n) is 6.42. The number of carbonyl (C=O) groups is 1. The molecule has 1 aromatic rings. The summed E-state index contributed by atoms with van der Waals surface area (Å²) in [6.07, 6.45) is -9.84. The van der Waals surface area contributed by atoms with Crippen LogP contribution in [0.4, 0.5) is 26.3 Å². The number of alkyl halides is 6. The minimum Gasteiger partial charge on any atom is -0.372 e. The van der Waals surface area contributed by atoms with Gasteiger partial charge in [-0.2, -0.15) is 31.1 Å². The number of nitrogens with two attached hydrogens (primary N) is 1. The van der Waals surface area contributed by atoms with Gasteiger partial charge in [-0.25, -0.2) is 8.42 Å². The van der Waals surface area contributed by atoms with Crippen molar-refractivity contribution in [2.45, 2.75) is 74.3 Å². The van der Waals surface area contributed by atoms with Gasteiger partial charge in [-0.15, -0.1) is 0 Å². The number of rotatable bonds is 8. The first-order chi connectivity index (χ1) is 15.9. The highest BCUT2D eigenvalue weighted by molar-refractivity contribution is 7.90. The van der Waals surface area contributed by atoms with E-state index in [4.69, 9.17) is 10.5 Å². The largest absolute Gasteiger partial charge is 0.416 e. The summed E-state index contributed by atoms with van der Waals surface area (Å²) in [5, 5.41) is 2.45. The molecule has 35 heavy (non-hydrogen) atoms. The van der Waals surface area contributed by atoms with Crippen molar-refractivity contribution in [3.05, 3.63) is 34.9 Å². The predicted molar refractivity (Wildman–Crippen MR) is 113 cm³/mol. The third kappa shape index (κ3) is 6.46. The van der Waals surface area contributed by atoms with Crippen LogP contribution in [0.5, 0.6) is 0 Å². The van der Waals surface area contributed by atoms with E-state index in [9.17, 15) is 39.6 Å². The molecule has 2 fully saturated rings. The Kier molecular flexibility index (Phi) is 7.27. The zero-order chi connectivity index (χ0) is 26.4. The van der Waals surface area contributed by atoms with Gasteiger partial charge in [-0.1, -0.05) is 0 Å². The molecule has 4 N–H and O–H groups in total. The van der Waals surface area contributed by atoms with E-state index in [-0.39, 0.29) is 37.6 Å². The second kappa shape index (κ2) is 9.20. The maximum atomic E-state index is 13.1. The van der Waals surface area contributed by atoms with Crippen LogP contribution in [0.3, 0.4) is 0 Å². The molecule has 3 rings (SSSR count). The Hall–Kier alpha value is -1.90. The Morgan fingerprint density at radius 1 is 1.14 bits per heavy atom. The molecular formula is C21H27F6N3O4S. The number of primary amides is 1. The highest BCUT2D eigenvalue weighted by Gasteiger charge is 2.49. The lowest BCUT2D eigenvalue weighted by molar-refractivity contribution is -0.143. The molecule has 1 saturated carbocycles. The number of halogens is 6. The van der Waals surface area contributed by atoms with Crippen LogP contribution < -0.4 is 15.8 Å². The van der Waals surface area contributed by atoms with Crippen molar-refractivity contribution in [2.75, 3.05) is 13.2 Å². The molecule has 1 aromatic carbocycles. The number of carbonyl (C=O) groups excluding carboxylic acids is 1. The van der Waals surface area contributed by atoms with E-state index in [0.29, 0.717) is 25.0 Å². The van der Waals surface area contributed by atoms with Gasteiger partial charge in [0.25, 0.3) is 0 Å². The zero-order valence-electron chi connectivity index (χ0n) is 19.0. The zero-order valence-corrected chi connectivity index (χ0v) is 19.8. The fraction of sp³-hybridized carbons (Fsp3) is 0.667. The standard InChI is InChI=1S/C21H27F6N3O4S/c1-12(13-7-14(20(22,23)24)9-15(8-13)21(25,26)27)34-11-18(2)5-6-19(10-29-18,17(28)31)30-35(32,33)16-3-4-16/h7-9,12,16,29-30H,3-6,10-11H2,1-2H3,(H2,28,31)/t12-,18-,19+/m1/s1. The molecule has 2 aliphatic rings. The van der Waals surface area contributed by atoms with Crippen LogP contribution >= 0.6 is 0 Å². The number of hydrogen-bond donors (Lipinski definition) is 3. The summed E-state index contributed by atoms with van der Waals surface area (Å²) >= 11 is 0. The lowest BCUT2D eigenvalue weighted by Crippen LogP contribution is -2.69. The van der Waals surface area contributed by atoms with Crippen molar-refractivity contribution in [3.8, 4) is 0 Å². The molecular weight excluding hydrogens is 504 g/mol. The number of nitrogens with one attached hydrogen (secondary N) is 2. The summed E-state index contributed by atoms with van der Waals surface area (Å²) in [6, 6.07) is 1.27. The average molecular weight is 532 g/mol. The Bertz CT molecular complexity index is 1030. The minimum atomic E-state index is -4.97. The smallest absolute Gasteiger partial charge is 0.372 e. The molecule has 1 heterocycles. The van der Waals surface area contributed by atoms with E-state index in [1.54, 1.807) is 6.92 Å². The quantitative estimate of drug-likeness (QED) is 0.446. The predicted octanol–water partition coefficient (Wildman–Crippen LogP) is 3.25. The van der Waals surface area contributed by atoms with Gasteiger partial charge < -0.3 is 15.8 Å². The van der Waals surface area contributed by atoms with Gasteiger partial charge in [-0.3, -0.25) is 4.79 Å². The van der Waals surface area contributed by atoms with Gasteiger partial charge in [0.1, 0.15) is 5.54 Å². The van der Waals surface area contributed by atoms with Crippen molar-refractivity contribution in [1.29, 1.82) is 0 Å². The molecule has 3 atom stereocenters. The van der Waals surface area contributed by atoms with Crippen LogP contribution in [0, 0.1) is 0 Å². The Morgan fingerprint density at radius 3 is 2.09 bits per heavy atom. The van der Waals surface area contributed by atoms with E-state index >= 15 is 0 Å². The monoisotopic (exact) mass is 531 g/mol. The molecule has 0 aromatic heterocycles.